The third kappa shape index (κ3) is 4.68. The number of amides is 1. The first-order chi connectivity index (χ1) is 14.0. The molecule has 0 aliphatic carbocycles. The van der Waals surface area contributed by atoms with Gasteiger partial charge < -0.3 is 24.5 Å². The van der Waals surface area contributed by atoms with Crippen LogP contribution in [0.3, 0.4) is 0 Å². The fourth-order valence-electron chi connectivity index (χ4n) is 3.27. The maximum absolute atomic E-state index is 12.8. The summed E-state index contributed by atoms with van der Waals surface area (Å²) in [6.45, 7) is 0. The molecule has 0 saturated heterocycles. The largest absolute Gasteiger partial charge is 0.493 e. The Morgan fingerprint density at radius 1 is 1.03 bits per heavy atom. The van der Waals surface area contributed by atoms with Gasteiger partial charge in [-0.2, -0.15) is 0 Å². The van der Waals surface area contributed by atoms with Crippen LogP contribution in [0, 0.1) is 0 Å². The molecule has 2 N–H and O–H groups in total. The van der Waals surface area contributed by atoms with Gasteiger partial charge in [0.25, 0.3) is 0 Å². The molecule has 1 heterocycles. The van der Waals surface area contributed by atoms with Crippen molar-refractivity contribution < 1.29 is 23.8 Å². The molecule has 0 unspecified atom stereocenters. The van der Waals surface area contributed by atoms with Gasteiger partial charge in [-0.1, -0.05) is 24.3 Å². The molecule has 0 bridgehead atoms. The van der Waals surface area contributed by atoms with Gasteiger partial charge in [0.1, 0.15) is 0 Å². The number of ether oxygens (including phenoxy) is 3. The maximum atomic E-state index is 12.8. The van der Waals surface area contributed by atoms with Crippen LogP contribution in [0.15, 0.2) is 48.7 Å². The van der Waals surface area contributed by atoms with Crippen LogP contribution < -0.4 is 14.8 Å². The molecule has 7 heteroatoms. The molecule has 0 saturated carbocycles. The van der Waals surface area contributed by atoms with Crippen LogP contribution in [0.1, 0.15) is 23.6 Å². The van der Waals surface area contributed by atoms with Crippen LogP contribution >= 0.6 is 0 Å². The van der Waals surface area contributed by atoms with Crippen molar-refractivity contribution in [3.63, 3.8) is 0 Å². The number of carbonyl (C=O) groups is 2. The molecular formula is C22H24N2O5. The van der Waals surface area contributed by atoms with Crippen molar-refractivity contribution in [1.29, 1.82) is 0 Å². The van der Waals surface area contributed by atoms with Crippen LogP contribution in [-0.2, 0) is 20.7 Å². The van der Waals surface area contributed by atoms with E-state index in [2.05, 4.69) is 10.3 Å². The summed E-state index contributed by atoms with van der Waals surface area (Å²) in [5.74, 6) is 0.472. The number of methoxy groups -OCH3 is 3. The Labute approximate surface area is 169 Å². The summed E-state index contributed by atoms with van der Waals surface area (Å²) in [4.78, 5) is 27.8. The Bertz CT molecular complexity index is 1010. The number of para-hydroxylation sites is 1. The van der Waals surface area contributed by atoms with Gasteiger partial charge in [-0.15, -0.1) is 0 Å². The number of benzene rings is 2. The molecule has 0 aliphatic heterocycles. The molecule has 3 aromatic rings. The molecule has 7 nitrogen and oxygen atoms in total. The molecule has 0 fully saturated rings. The molecule has 0 radical (unpaired) electrons. The average molecular weight is 396 g/mol. The first-order valence-electron chi connectivity index (χ1n) is 9.18. The van der Waals surface area contributed by atoms with Crippen molar-refractivity contribution in [2.24, 2.45) is 0 Å². The lowest BCUT2D eigenvalue weighted by molar-refractivity contribution is -0.141. The maximum Gasteiger partial charge on any atom is 0.307 e. The molecule has 2 aromatic carbocycles. The number of esters is 1. The summed E-state index contributed by atoms with van der Waals surface area (Å²) in [5, 5.41) is 3.94. The van der Waals surface area contributed by atoms with Crippen molar-refractivity contribution in [3.8, 4) is 11.5 Å². The summed E-state index contributed by atoms with van der Waals surface area (Å²) in [7, 11) is 4.40. The SMILES string of the molecule is COC(=O)C[C@H](NC(=O)Cc1c[nH]c2ccccc12)c1ccc(OC)c(OC)c1. The number of hydrogen-bond acceptors (Lipinski definition) is 5. The second-order valence-electron chi connectivity index (χ2n) is 6.55. The van der Waals surface area contributed by atoms with Crippen LogP contribution in [0.5, 0.6) is 11.5 Å². The lowest BCUT2D eigenvalue weighted by Gasteiger charge is -2.19. The summed E-state index contributed by atoms with van der Waals surface area (Å²) in [6, 6.07) is 12.5. The van der Waals surface area contributed by atoms with Gasteiger partial charge in [-0.25, -0.2) is 0 Å². The number of fused-ring (bicyclic) bond motifs is 1. The highest BCUT2D eigenvalue weighted by Gasteiger charge is 2.21. The number of carbonyl (C=O) groups excluding carboxylic acids is 2. The Balaban J connectivity index is 1.81. The van der Waals surface area contributed by atoms with E-state index in [-0.39, 0.29) is 18.7 Å². The van der Waals surface area contributed by atoms with Gasteiger partial charge in [-0.3, -0.25) is 9.59 Å². The molecule has 1 aromatic heterocycles. The Kier molecular flexibility index (Phi) is 6.39. The fourth-order valence-corrected chi connectivity index (χ4v) is 3.27. The van der Waals surface area contributed by atoms with E-state index in [9.17, 15) is 9.59 Å². The normalized spacial score (nSPS) is 11.7. The van der Waals surface area contributed by atoms with Crippen LogP contribution in [0.25, 0.3) is 10.9 Å². The summed E-state index contributed by atoms with van der Waals surface area (Å²) >= 11 is 0. The first-order valence-corrected chi connectivity index (χ1v) is 9.18. The Hall–Kier alpha value is -3.48. The molecular weight excluding hydrogens is 372 g/mol. The van der Waals surface area contributed by atoms with Crippen LogP contribution in [0.4, 0.5) is 0 Å². The topological polar surface area (TPSA) is 89.7 Å². The lowest BCUT2D eigenvalue weighted by Crippen LogP contribution is -2.31. The van der Waals surface area contributed by atoms with E-state index in [1.165, 1.54) is 14.2 Å². The predicted octanol–water partition coefficient (Wildman–Crippen LogP) is 3.15. The quantitative estimate of drug-likeness (QED) is 0.571. The summed E-state index contributed by atoms with van der Waals surface area (Å²) < 4.78 is 15.4. The lowest BCUT2D eigenvalue weighted by atomic mass is 10.0. The molecule has 0 aliphatic rings. The molecule has 3 rings (SSSR count). The van der Waals surface area contributed by atoms with Crippen LogP contribution in [-0.4, -0.2) is 38.2 Å². The Morgan fingerprint density at radius 3 is 2.52 bits per heavy atom. The van der Waals surface area contributed by atoms with E-state index >= 15 is 0 Å². The van der Waals surface area contributed by atoms with E-state index in [1.54, 1.807) is 25.3 Å². The zero-order valence-electron chi connectivity index (χ0n) is 16.7. The molecule has 1 atom stereocenters. The molecule has 152 valence electrons. The predicted molar refractivity (Wildman–Crippen MR) is 109 cm³/mol. The zero-order chi connectivity index (χ0) is 20.8. The van der Waals surface area contributed by atoms with Crippen molar-refractivity contribution in [2.45, 2.75) is 18.9 Å². The first kappa shape index (κ1) is 20.3. The van der Waals surface area contributed by atoms with E-state index in [4.69, 9.17) is 14.2 Å². The Morgan fingerprint density at radius 2 is 1.79 bits per heavy atom. The number of rotatable bonds is 8. The van der Waals surface area contributed by atoms with Crippen molar-refractivity contribution in [2.75, 3.05) is 21.3 Å². The molecule has 29 heavy (non-hydrogen) atoms. The van der Waals surface area contributed by atoms with Gasteiger partial charge in [-0.05, 0) is 29.3 Å². The zero-order valence-corrected chi connectivity index (χ0v) is 16.7. The summed E-state index contributed by atoms with van der Waals surface area (Å²) in [6.07, 6.45) is 2.02. The number of hydrogen-bond donors (Lipinski definition) is 2. The second-order valence-corrected chi connectivity index (χ2v) is 6.55. The summed E-state index contributed by atoms with van der Waals surface area (Å²) in [5.41, 5.74) is 2.59. The van der Waals surface area contributed by atoms with Gasteiger partial charge in [0.15, 0.2) is 11.5 Å². The van der Waals surface area contributed by atoms with Gasteiger partial charge >= 0.3 is 5.97 Å². The van der Waals surface area contributed by atoms with Gasteiger partial charge in [0, 0.05) is 17.1 Å². The number of aromatic nitrogens is 1. The average Bonchev–Trinajstić information content (AvgIpc) is 3.15. The minimum Gasteiger partial charge on any atom is -0.493 e. The smallest absolute Gasteiger partial charge is 0.307 e. The van der Waals surface area contributed by atoms with E-state index in [1.807, 2.05) is 30.5 Å². The fraction of sp³-hybridized carbons (Fsp3) is 0.273. The highest BCUT2D eigenvalue weighted by Crippen LogP contribution is 2.31. The van der Waals surface area contributed by atoms with Crippen molar-refractivity contribution in [3.05, 3.63) is 59.8 Å². The second kappa shape index (κ2) is 9.14. The number of H-pyrrole nitrogens is 1. The number of aromatic amines is 1. The van der Waals surface area contributed by atoms with Gasteiger partial charge in [0.05, 0.1) is 40.2 Å². The third-order valence-electron chi connectivity index (χ3n) is 4.77. The monoisotopic (exact) mass is 396 g/mol. The van der Waals surface area contributed by atoms with Crippen molar-refractivity contribution in [1.82, 2.24) is 10.3 Å². The third-order valence-corrected chi connectivity index (χ3v) is 4.77. The molecule has 0 spiro atoms. The highest BCUT2D eigenvalue weighted by molar-refractivity contribution is 5.89. The minimum atomic E-state index is -0.556. The standard InChI is InChI=1S/C22H24N2O5/c1-27-19-9-8-14(10-20(19)28-2)18(12-22(26)29-3)24-21(25)11-15-13-23-17-7-5-4-6-16(15)17/h4-10,13,18,23H,11-12H2,1-3H3,(H,24,25)/t18-/m0/s1. The van der Waals surface area contributed by atoms with Crippen LogP contribution in [0.2, 0.25) is 0 Å². The number of nitrogens with one attached hydrogen (secondary N) is 2. The molecule has 1 amide bonds. The van der Waals surface area contributed by atoms with Crippen molar-refractivity contribution >= 4 is 22.8 Å². The van der Waals surface area contributed by atoms with E-state index < -0.39 is 12.0 Å². The van der Waals surface area contributed by atoms with E-state index in [0.29, 0.717) is 11.5 Å². The highest BCUT2D eigenvalue weighted by atomic mass is 16.5. The minimum absolute atomic E-state index is 0.00556. The van der Waals surface area contributed by atoms with E-state index in [0.717, 1.165) is 22.0 Å². The van der Waals surface area contributed by atoms with Gasteiger partial charge in [0.2, 0.25) is 5.91 Å².